The van der Waals surface area contributed by atoms with Crippen LogP contribution in [-0.4, -0.2) is 9.97 Å². The standard InChI is InChI=1S/C10H10N2OS/c1-2-9-11-8(5-10(14)12-9)7-3-4-13-6-7/h3-6H,2H2,1H3,(H,11,12,14). The lowest BCUT2D eigenvalue weighted by atomic mass is 10.2. The van der Waals surface area contributed by atoms with Crippen LogP contribution in [0.15, 0.2) is 29.1 Å². The highest BCUT2D eigenvalue weighted by molar-refractivity contribution is 7.71. The molecule has 0 unspecified atom stereocenters. The average molecular weight is 206 g/mol. The number of aromatic nitrogens is 2. The molecule has 3 nitrogen and oxygen atoms in total. The highest BCUT2D eigenvalue weighted by Crippen LogP contribution is 2.17. The Morgan fingerprint density at radius 1 is 1.57 bits per heavy atom. The van der Waals surface area contributed by atoms with Crippen LogP contribution in [0.4, 0.5) is 0 Å². The molecule has 0 aromatic carbocycles. The lowest BCUT2D eigenvalue weighted by Gasteiger charge is -2.01. The Labute approximate surface area is 86.8 Å². The Hall–Kier alpha value is -1.42. The minimum atomic E-state index is 0.608. The number of hydrogen-bond acceptors (Lipinski definition) is 3. The molecule has 0 saturated heterocycles. The first kappa shape index (κ1) is 9.15. The topological polar surface area (TPSA) is 41.8 Å². The van der Waals surface area contributed by atoms with Gasteiger partial charge in [0.05, 0.1) is 18.2 Å². The van der Waals surface area contributed by atoms with Crippen molar-refractivity contribution in [3.8, 4) is 11.3 Å². The number of furan rings is 1. The van der Waals surface area contributed by atoms with E-state index in [0.29, 0.717) is 4.64 Å². The van der Waals surface area contributed by atoms with E-state index in [-0.39, 0.29) is 0 Å². The van der Waals surface area contributed by atoms with Crippen molar-refractivity contribution in [3.63, 3.8) is 0 Å². The van der Waals surface area contributed by atoms with E-state index >= 15 is 0 Å². The second kappa shape index (κ2) is 3.75. The minimum absolute atomic E-state index is 0.608. The van der Waals surface area contributed by atoms with Crippen LogP contribution in [0.1, 0.15) is 12.7 Å². The molecule has 0 saturated carbocycles. The van der Waals surface area contributed by atoms with Crippen LogP contribution in [0.25, 0.3) is 11.3 Å². The third-order valence-electron chi connectivity index (χ3n) is 1.96. The van der Waals surface area contributed by atoms with Gasteiger partial charge in [-0.3, -0.25) is 0 Å². The molecular weight excluding hydrogens is 196 g/mol. The first-order valence-corrected chi connectivity index (χ1v) is 4.83. The fourth-order valence-corrected chi connectivity index (χ4v) is 1.48. The number of H-pyrrole nitrogens is 1. The summed E-state index contributed by atoms with van der Waals surface area (Å²) in [6.45, 7) is 2.03. The maximum absolute atomic E-state index is 5.07. The highest BCUT2D eigenvalue weighted by Gasteiger charge is 2.01. The van der Waals surface area contributed by atoms with Gasteiger partial charge in [0.1, 0.15) is 10.5 Å². The first-order chi connectivity index (χ1) is 6.79. The summed E-state index contributed by atoms with van der Waals surface area (Å²) < 4.78 is 5.62. The van der Waals surface area contributed by atoms with Crippen LogP contribution in [0.5, 0.6) is 0 Å². The zero-order valence-electron chi connectivity index (χ0n) is 7.78. The third kappa shape index (κ3) is 1.75. The van der Waals surface area contributed by atoms with Crippen LogP contribution in [-0.2, 0) is 6.42 Å². The zero-order valence-corrected chi connectivity index (χ0v) is 8.60. The molecule has 0 fully saturated rings. The van der Waals surface area contributed by atoms with Gasteiger partial charge in [0.15, 0.2) is 0 Å². The maximum atomic E-state index is 5.07. The molecule has 72 valence electrons. The number of rotatable bonds is 2. The molecule has 0 radical (unpaired) electrons. The van der Waals surface area contributed by atoms with Gasteiger partial charge in [0, 0.05) is 12.0 Å². The van der Waals surface area contributed by atoms with E-state index in [4.69, 9.17) is 16.6 Å². The molecule has 2 heterocycles. The molecule has 1 N–H and O–H groups in total. The van der Waals surface area contributed by atoms with Crippen LogP contribution >= 0.6 is 12.2 Å². The highest BCUT2D eigenvalue weighted by atomic mass is 32.1. The lowest BCUT2D eigenvalue weighted by molar-refractivity contribution is 0.568. The zero-order chi connectivity index (χ0) is 9.97. The van der Waals surface area contributed by atoms with E-state index < -0.39 is 0 Å². The fourth-order valence-electron chi connectivity index (χ4n) is 1.25. The number of aromatic amines is 1. The summed E-state index contributed by atoms with van der Waals surface area (Å²) in [5.41, 5.74) is 1.95. The molecular formula is C10H10N2OS. The van der Waals surface area contributed by atoms with Crippen molar-refractivity contribution < 1.29 is 4.42 Å². The molecule has 2 rings (SSSR count). The molecule has 0 atom stereocenters. The first-order valence-electron chi connectivity index (χ1n) is 4.42. The van der Waals surface area contributed by atoms with Crippen molar-refractivity contribution in [1.29, 1.82) is 0 Å². The molecule has 0 aliphatic rings. The van der Waals surface area contributed by atoms with Gasteiger partial charge in [-0.25, -0.2) is 4.98 Å². The molecule has 0 spiro atoms. The van der Waals surface area contributed by atoms with E-state index in [1.807, 2.05) is 19.1 Å². The Morgan fingerprint density at radius 2 is 2.43 bits per heavy atom. The summed E-state index contributed by atoms with van der Waals surface area (Å²) in [5, 5.41) is 0. The van der Waals surface area contributed by atoms with Gasteiger partial charge in [-0.15, -0.1) is 0 Å². The fraction of sp³-hybridized carbons (Fsp3) is 0.200. The van der Waals surface area contributed by atoms with Crippen molar-refractivity contribution in [2.45, 2.75) is 13.3 Å². The Morgan fingerprint density at radius 3 is 3.07 bits per heavy atom. The minimum Gasteiger partial charge on any atom is -0.472 e. The predicted molar refractivity (Wildman–Crippen MR) is 56.5 cm³/mol. The quantitative estimate of drug-likeness (QED) is 0.768. The average Bonchev–Trinajstić information content (AvgIpc) is 2.69. The van der Waals surface area contributed by atoms with Crippen molar-refractivity contribution in [2.75, 3.05) is 0 Å². The van der Waals surface area contributed by atoms with E-state index in [2.05, 4.69) is 9.97 Å². The molecule has 0 amide bonds. The molecule has 2 aromatic rings. The second-order valence-electron chi connectivity index (χ2n) is 2.95. The lowest BCUT2D eigenvalue weighted by Crippen LogP contribution is -1.94. The molecule has 14 heavy (non-hydrogen) atoms. The van der Waals surface area contributed by atoms with Gasteiger partial charge >= 0.3 is 0 Å². The van der Waals surface area contributed by atoms with Gasteiger partial charge in [-0.2, -0.15) is 0 Å². The second-order valence-corrected chi connectivity index (χ2v) is 3.36. The van der Waals surface area contributed by atoms with Gasteiger partial charge in [0.2, 0.25) is 0 Å². The molecule has 4 heteroatoms. The van der Waals surface area contributed by atoms with Crippen LogP contribution in [0.3, 0.4) is 0 Å². The van der Waals surface area contributed by atoms with Crippen LogP contribution < -0.4 is 0 Å². The smallest absolute Gasteiger partial charge is 0.130 e. The van der Waals surface area contributed by atoms with Crippen molar-refractivity contribution in [3.05, 3.63) is 35.1 Å². The van der Waals surface area contributed by atoms with E-state index in [9.17, 15) is 0 Å². The third-order valence-corrected chi connectivity index (χ3v) is 2.17. The van der Waals surface area contributed by atoms with E-state index in [1.54, 1.807) is 12.5 Å². The van der Waals surface area contributed by atoms with Crippen LogP contribution in [0.2, 0.25) is 0 Å². The van der Waals surface area contributed by atoms with Gasteiger partial charge in [0.25, 0.3) is 0 Å². The van der Waals surface area contributed by atoms with Crippen molar-refractivity contribution in [2.24, 2.45) is 0 Å². The number of nitrogens with zero attached hydrogens (tertiary/aromatic N) is 1. The Balaban J connectivity index is 2.54. The largest absolute Gasteiger partial charge is 0.472 e. The van der Waals surface area contributed by atoms with Crippen molar-refractivity contribution >= 4 is 12.2 Å². The summed E-state index contributed by atoms with van der Waals surface area (Å²) >= 11 is 5.07. The predicted octanol–water partition coefficient (Wildman–Crippen LogP) is 2.96. The molecule has 0 aliphatic heterocycles. The summed E-state index contributed by atoms with van der Waals surface area (Å²) in [5.74, 6) is 0.897. The summed E-state index contributed by atoms with van der Waals surface area (Å²) in [7, 11) is 0. The van der Waals surface area contributed by atoms with E-state index in [0.717, 1.165) is 23.5 Å². The molecule has 2 aromatic heterocycles. The number of nitrogens with one attached hydrogen (secondary N) is 1. The van der Waals surface area contributed by atoms with Gasteiger partial charge in [-0.1, -0.05) is 19.1 Å². The summed E-state index contributed by atoms with van der Waals surface area (Å²) in [6.07, 6.45) is 4.16. The Kier molecular flexibility index (Phi) is 2.45. The van der Waals surface area contributed by atoms with Crippen molar-refractivity contribution in [1.82, 2.24) is 9.97 Å². The summed E-state index contributed by atoms with van der Waals surface area (Å²) in [6, 6.07) is 3.72. The Bertz CT molecular complexity index is 473. The van der Waals surface area contributed by atoms with Crippen LogP contribution in [0, 0.1) is 4.64 Å². The number of aryl methyl sites for hydroxylation is 1. The SMILES string of the molecule is CCc1nc(=S)cc(-c2ccoc2)[nH]1. The van der Waals surface area contributed by atoms with Gasteiger partial charge in [-0.05, 0) is 12.1 Å². The summed E-state index contributed by atoms with van der Waals surface area (Å²) in [4.78, 5) is 7.39. The normalized spacial score (nSPS) is 10.4. The number of hydrogen-bond donors (Lipinski definition) is 1. The van der Waals surface area contributed by atoms with Gasteiger partial charge < -0.3 is 9.40 Å². The van der Waals surface area contributed by atoms with E-state index in [1.165, 1.54) is 0 Å². The maximum Gasteiger partial charge on any atom is 0.130 e. The molecule has 0 aliphatic carbocycles. The molecule has 0 bridgehead atoms. The monoisotopic (exact) mass is 206 g/mol.